The van der Waals surface area contributed by atoms with Crippen molar-refractivity contribution in [3.8, 4) is 17.3 Å². The Hall–Kier alpha value is -3.35. The van der Waals surface area contributed by atoms with Crippen LogP contribution in [-0.4, -0.2) is 70.1 Å². The Bertz CT molecular complexity index is 1390. The number of aromatic nitrogens is 4. The van der Waals surface area contributed by atoms with Gasteiger partial charge in [0.15, 0.2) is 11.5 Å². The smallest absolute Gasteiger partial charge is 0.408 e. The van der Waals surface area contributed by atoms with Crippen molar-refractivity contribution in [3.05, 3.63) is 54.0 Å². The summed E-state index contributed by atoms with van der Waals surface area (Å²) >= 11 is 0. The SMILES string of the molecule is COCCOc1cc(F)cc2ccc(-c3nnc4ccc([C@@H](N5CC[C@H](N)C5)C(F)(F)F)cn34)nc12. The maximum Gasteiger partial charge on any atom is 0.408 e. The number of hydrogen-bond donors (Lipinski definition) is 1. The van der Waals surface area contributed by atoms with Crippen molar-refractivity contribution in [1.82, 2.24) is 24.5 Å². The average Bonchev–Trinajstić information content (AvgIpc) is 3.44. The maximum absolute atomic E-state index is 14.1. The lowest BCUT2D eigenvalue weighted by atomic mass is 10.1. The summed E-state index contributed by atoms with van der Waals surface area (Å²) in [6, 6.07) is 6.62. The zero-order valence-corrected chi connectivity index (χ0v) is 19.4. The second-order valence-electron chi connectivity index (χ2n) is 8.72. The van der Waals surface area contributed by atoms with Gasteiger partial charge in [-0.2, -0.15) is 13.2 Å². The molecule has 0 radical (unpaired) electrons. The normalized spacial score (nSPS) is 17.8. The Morgan fingerprint density at radius 3 is 2.69 bits per heavy atom. The Kier molecular flexibility index (Phi) is 6.49. The molecule has 0 bridgehead atoms. The number of methoxy groups -OCH3 is 1. The summed E-state index contributed by atoms with van der Waals surface area (Å²) in [5.41, 5.74) is 7.03. The molecule has 0 amide bonds. The molecule has 8 nitrogen and oxygen atoms in total. The standard InChI is InChI=1S/C24H24F4N6O2/c1-35-8-9-36-19-11-16(25)10-14-2-4-18(30-21(14)19)23-32-31-20-5-3-15(12-34(20)23)22(24(26,27)28)33-7-6-17(29)13-33/h2-5,10-12,17,22H,6-9,13,29H2,1H3/t17-,22+/m0/s1. The van der Waals surface area contributed by atoms with E-state index in [0.717, 1.165) is 0 Å². The van der Waals surface area contributed by atoms with Gasteiger partial charge in [-0.3, -0.25) is 9.30 Å². The Labute approximate surface area is 203 Å². The Morgan fingerprint density at radius 2 is 1.97 bits per heavy atom. The second kappa shape index (κ2) is 9.60. The van der Waals surface area contributed by atoms with Crippen molar-refractivity contribution < 1.29 is 27.0 Å². The van der Waals surface area contributed by atoms with Gasteiger partial charge in [0, 0.05) is 43.9 Å². The summed E-state index contributed by atoms with van der Waals surface area (Å²) in [5.74, 6) is -0.0114. The molecule has 0 saturated carbocycles. The molecular weight excluding hydrogens is 480 g/mol. The van der Waals surface area contributed by atoms with Crippen LogP contribution in [0.2, 0.25) is 0 Å². The monoisotopic (exact) mass is 504 g/mol. The van der Waals surface area contributed by atoms with Gasteiger partial charge in [-0.15, -0.1) is 10.2 Å². The zero-order valence-electron chi connectivity index (χ0n) is 19.4. The molecule has 3 aromatic heterocycles. The predicted octanol–water partition coefficient (Wildman–Crippen LogP) is 3.75. The highest BCUT2D eigenvalue weighted by Gasteiger charge is 2.46. The van der Waals surface area contributed by atoms with E-state index in [4.69, 9.17) is 15.2 Å². The van der Waals surface area contributed by atoms with Crippen molar-refractivity contribution in [3.63, 3.8) is 0 Å². The molecular formula is C24H24F4N6O2. The summed E-state index contributed by atoms with van der Waals surface area (Å²) in [6.07, 6.45) is -2.60. The van der Waals surface area contributed by atoms with Gasteiger partial charge in [-0.25, -0.2) is 9.37 Å². The van der Waals surface area contributed by atoms with Crippen LogP contribution in [0.3, 0.4) is 0 Å². The van der Waals surface area contributed by atoms with Crippen molar-refractivity contribution in [2.24, 2.45) is 5.73 Å². The molecule has 2 N–H and O–H groups in total. The molecule has 1 aliphatic heterocycles. The van der Waals surface area contributed by atoms with E-state index in [2.05, 4.69) is 15.2 Å². The molecule has 0 spiro atoms. The summed E-state index contributed by atoms with van der Waals surface area (Å²) in [4.78, 5) is 5.94. The van der Waals surface area contributed by atoms with Crippen LogP contribution in [-0.2, 0) is 4.74 Å². The van der Waals surface area contributed by atoms with Gasteiger partial charge in [-0.1, -0.05) is 12.1 Å². The zero-order chi connectivity index (χ0) is 25.4. The molecule has 1 fully saturated rings. The molecule has 5 rings (SSSR count). The second-order valence-corrected chi connectivity index (χ2v) is 8.72. The van der Waals surface area contributed by atoms with E-state index in [1.54, 1.807) is 12.1 Å². The van der Waals surface area contributed by atoms with Crippen molar-refractivity contribution >= 4 is 16.6 Å². The van der Waals surface area contributed by atoms with Gasteiger partial charge in [0.2, 0.25) is 0 Å². The lowest BCUT2D eigenvalue weighted by Crippen LogP contribution is -2.38. The number of alkyl halides is 3. The topological polar surface area (TPSA) is 90.8 Å². The minimum absolute atomic E-state index is 0.0524. The molecule has 190 valence electrons. The minimum Gasteiger partial charge on any atom is -0.489 e. The van der Waals surface area contributed by atoms with Gasteiger partial charge >= 0.3 is 6.18 Å². The molecule has 1 saturated heterocycles. The molecule has 1 aliphatic rings. The number of nitrogens with zero attached hydrogens (tertiary/aromatic N) is 5. The highest BCUT2D eigenvalue weighted by Crippen LogP contribution is 2.39. The number of benzene rings is 1. The third-order valence-electron chi connectivity index (χ3n) is 6.17. The molecule has 4 heterocycles. The van der Waals surface area contributed by atoms with Gasteiger partial charge in [0.05, 0.1) is 6.61 Å². The quantitative estimate of drug-likeness (QED) is 0.303. The number of likely N-dealkylation sites (tertiary alicyclic amines) is 1. The van der Waals surface area contributed by atoms with Crippen LogP contribution >= 0.6 is 0 Å². The lowest BCUT2D eigenvalue weighted by molar-refractivity contribution is -0.183. The largest absolute Gasteiger partial charge is 0.489 e. The van der Waals surface area contributed by atoms with E-state index in [1.165, 1.54) is 46.9 Å². The summed E-state index contributed by atoms with van der Waals surface area (Å²) in [7, 11) is 1.52. The van der Waals surface area contributed by atoms with Crippen molar-refractivity contribution in [1.29, 1.82) is 0 Å². The fraction of sp³-hybridized carbons (Fsp3) is 0.375. The molecule has 2 atom stereocenters. The number of rotatable bonds is 7. The molecule has 4 aromatic rings. The summed E-state index contributed by atoms with van der Waals surface area (Å²) in [5, 5.41) is 8.77. The number of pyridine rings is 2. The number of fused-ring (bicyclic) bond motifs is 2. The van der Waals surface area contributed by atoms with E-state index in [-0.39, 0.29) is 42.9 Å². The summed E-state index contributed by atoms with van der Waals surface area (Å²) < 4.78 is 68.6. The molecule has 1 aromatic carbocycles. The van der Waals surface area contributed by atoms with Gasteiger partial charge in [0.25, 0.3) is 0 Å². The van der Waals surface area contributed by atoms with Crippen LogP contribution in [0.1, 0.15) is 18.0 Å². The number of hydrogen-bond acceptors (Lipinski definition) is 7. The van der Waals surface area contributed by atoms with E-state index < -0.39 is 18.0 Å². The summed E-state index contributed by atoms with van der Waals surface area (Å²) in [6.45, 7) is 0.910. The third kappa shape index (κ3) is 4.71. The first-order valence-electron chi connectivity index (χ1n) is 11.4. The van der Waals surface area contributed by atoms with Crippen molar-refractivity contribution in [2.45, 2.75) is 24.7 Å². The van der Waals surface area contributed by atoms with Gasteiger partial charge < -0.3 is 15.2 Å². The molecule has 0 unspecified atom stereocenters. The average molecular weight is 504 g/mol. The van der Waals surface area contributed by atoms with Crippen LogP contribution in [0.25, 0.3) is 28.1 Å². The fourth-order valence-electron chi connectivity index (χ4n) is 4.54. The van der Waals surface area contributed by atoms with Gasteiger partial charge in [-0.05, 0) is 30.2 Å². The molecule has 0 aliphatic carbocycles. The first-order valence-corrected chi connectivity index (χ1v) is 11.4. The third-order valence-corrected chi connectivity index (χ3v) is 6.17. The number of halogens is 4. The van der Waals surface area contributed by atoms with E-state index >= 15 is 0 Å². The number of nitrogens with two attached hydrogens (primary N) is 1. The highest BCUT2D eigenvalue weighted by molar-refractivity contribution is 5.86. The molecule has 12 heteroatoms. The lowest BCUT2D eigenvalue weighted by Gasteiger charge is -2.30. The highest BCUT2D eigenvalue weighted by atomic mass is 19.4. The first-order chi connectivity index (χ1) is 17.2. The van der Waals surface area contributed by atoms with Crippen LogP contribution in [0.15, 0.2) is 42.6 Å². The van der Waals surface area contributed by atoms with Crippen LogP contribution < -0.4 is 10.5 Å². The van der Waals surface area contributed by atoms with E-state index in [9.17, 15) is 17.6 Å². The first kappa shape index (κ1) is 24.3. The van der Waals surface area contributed by atoms with Crippen LogP contribution in [0, 0.1) is 5.82 Å². The van der Waals surface area contributed by atoms with Crippen LogP contribution in [0.5, 0.6) is 5.75 Å². The number of ether oxygens (including phenoxy) is 2. The minimum atomic E-state index is -4.49. The Morgan fingerprint density at radius 1 is 1.14 bits per heavy atom. The van der Waals surface area contributed by atoms with Crippen LogP contribution in [0.4, 0.5) is 17.6 Å². The van der Waals surface area contributed by atoms with E-state index in [1.807, 2.05) is 0 Å². The van der Waals surface area contributed by atoms with E-state index in [0.29, 0.717) is 35.3 Å². The maximum atomic E-state index is 14.1. The molecule has 36 heavy (non-hydrogen) atoms. The predicted molar refractivity (Wildman–Crippen MR) is 124 cm³/mol. The van der Waals surface area contributed by atoms with Gasteiger partial charge in [0.1, 0.15) is 35.4 Å². The van der Waals surface area contributed by atoms with Crippen molar-refractivity contribution in [2.75, 3.05) is 33.4 Å². The fourth-order valence-corrected chi connectivity index (χ4v) is 4.54. The Balaban J connectivity index is 1.58.